The molecule has 0 aliphatic heterocycles. The third-order valence-corrected chi connectivity index (χ3v) is 3.31. The molecule has 2 N–H and O–H groups in total. The predicted molar refractivity (Wildman–Crippen MR) is 82.4 cm³/mol. The summed E-state index contributed by atoms with van der Waals surface area (Å²) in [4.78, 5) is 0. The number of rotatable bonds is 7. The molecule has 5 nitrogen and oxygen atoms in total. The van der Waals surface area contributed by atoms with Crippen LogP contribution in [0.3, 0.4) is 0 Å². The first-order valence-corrected chi connectivity index (χ1v) is 7.28. The number of nitrogens with two attached hydrogens (primary N) is 1. The molecule has 1 aromatic heterocycles. The molecule has 0 atom stereocenters. The Morgan fingerprint density at radius 3 is 2.57 bits per heavy atom. The summed E-state index contributed by atoms with van der Waals surface area (Å²) in [5.41, 5.74) is 8.80. The first kappa shape index (κ1) is 15.4. The van der Waals surface area contributed by atoms with E-state index in [1.54, 1.807) is 0 Å². The van der Waals surface area contributed by atoms with Gasteiger partial charge in [0.15, 0.2) is 11.5 Å². The molecule has 0 aliphatic carbocycles. The Hall–Kier alpha value is -2.01. The molecule has 1 heterocycles. The normalized spacial score (nSPS) is 10.7. The minimum absolute atomic E-state index is 0.464. The van der Waals surface area contributed by atoms with Crippen molar-refractivity contribution in [1.82, 2.24) is 9.78 Å². The Labute approximate surface area is 125 Å². The maximum absolute atomic E-state index is 5.89. The predicted octanol–water partition coefficient (Wildman–Crippen LogP) is 2.42. The second-order valence-corrected chi connectivity index (χ2v) is 4.81. The van der Waals surface area contributed by atoms with E-state index in [0.717, 1.165) is 34.9 Å². The number of hydrogen-bond donors (Lipinski definition) is 1. The quantitative estimate of drug-likeness (QED) is 0.850. The number of hydrogen-bond acceptors (Lipinski definition) is 4. The van der Waals surface area contributed by atoms with E-state index in [2.05, 4.69) is 18.1 Å². The number of aromatic nitrogens is 2. The van der Waals surface area contributed by atoms with Crippen LogP contribution in [0.5, 0.6) is 11.5 Å². The minimum Gasteiger partial charge on any atom is -0.490 e. The monoisotopic (exact) mass is 289 g/mol. The maximum Gasteiger partial charge on any atom is 0.161 e. The van der Waals surface area contributed by atoms with E-state index < -0.39 is 0 Å². The summed E-state index contributed by atoms with van der Waals surface area (Å²) >= 11 is 0. The molecule has 0 amide bonds. The zero-order valence-corrected chi connectivity index (χ0v) is 12.9. The molecule has 5 heteroatoms. The summed E-state index contributed by atoms with van der Waals surface area (Å²) in [6.07, 6.45) is 0.920. The number of ether oxygens (including phenoxy) is 2. The van der Waals surface area contributed by atoms with Crippen LogP contribution >= 0.6 is 0 Å². The molecule has 0 saturated carbocycles. The van der Waals surface area contributed by atoms with Crippen LogP contribution in [0, 0.1) is 0 Å². The number of aryl methyl sites for hydroxylation is 2. The van der Waals surface area contributed by atoms with Gasteiger partial charge in [-0.2, -0.15) is 5.10 Å². The Morgan fingerprint density at radius 1 is 1.14 bits per heavy atom. The Kier molecular flexibility index (Phi) is 5.22. The second-order valence-electron chi connectivity index (χ2n) is 4.81. The minimum atomic E-state index is 0.464. The SMILES string of the molecule is CCOc1cc(CN)ccc1OCc1cc(CC)nn1C. The smallest absolute Gasteiger partial charge is 0.161 e. The Balaban J connectivity index is 2.13. The average molecular weight is 289 g/mol. The summed E-state index contributed by atoms with van der Waals surface area (Å²) in [7, 11) is 1.93. The molecule has 21 heavy (non-hydrogen) atoms. The van der Waals surface area contributed by atoms with Gasteiger partial charge in [0.1, 0.15) is 6.61 Å². The molecule has 0 radical (unpaired) electrons. The van der Waals surface area contributed by atoms with Crippen molar-refractivity contribution in [2.24, 2.45) is 12.8 Å². The lowest BCUT2D eigenvalue weighted by Gasteiger charge is -2.13. The first-order valence-electron chi connectivity index (χ1n) is 7.28. The van der Waals surface area contributed by atoms with E-state index >= 15 is 0 Å². The number of benzene rings is 1. The molecule has 0 spiro atoms. The van der Waals surface area contributed by atoms with Crippen LogP contribution < -0.4 is 15.2 Å². The van der Waals surface area contributed by atoms with Crippen molar-refractivity contribution < 1.29 is 9.47 Å². The second kappa shape index (κ2) is 7.13. The van der Waals surface area contributed by atoms with E-state index in [-0.39, 0.29) is 0 Å². The van der Waals surface area contributed by atoms with E-state index in [1.165, 1.54) is 0 Å². The van der Waals surface area contributed by atoms with Crippen molar-refractivity contribution in [1.29, 1.82) is 0 Å². The molecule has 0 unspecified atom stereocenters. The lowest BCUT2D eigenvalue weighted by molar-refractivity contribution is 0.262. The molecular weight excluding hydrogens is 266 g/mol. The standard InChI is InChI=1S/C16H23N3O2/c1-4-13-9-14(19(3)18-13)11-21-15-7-6-12(10-17)8-16(15)20-5-2/h6-9H,4-5,10-11,17H2,1-3H3. The van der Waals surface area contributed by atoms with Gasteiger partial charge in [-0.3, -0.25) is 4.68 Å². The zero-order chi connectivity index (χ0) is 15.2. The van der Waals surface area contributed by atoms with Gasteiger partial charge >= 0.3 is 0 Å². The molecule has 0 bridgehead atoms. The van der Waals surface area contributed by atoms with Crippen molar-refractivity contribution in [3.63, 3.8) is 0 Å². The highest BCUT2D eigenvalue weighted by molar-refractivity contribution is 5.43. The fourth-order valence-corrected chi connectivity index (χ4v) is 2.10. The van der Waals surface area contributed by atoms with Gasteiger partial charge in [-0.1, -0.05) is 13.0 Å². The maximum atomic E-state index is 5.89. The fourth-order valence-electron chi connectivity index (χ4n) is 2.10. The van der Waals surface area contributed by atoms with Crippen LogP contribution in [0.2, 0.25) is 0 Å². The third-order valence-electron chi connectivity index (χ3n) is 3.31. The van der Waals surface area contributed by atoms with Crippen LogP contribution in [0.15, 0.2) is 24.3 Å². The lowest BCUT2D eigenvalue weighted by Crippen LogP contribution is -2.05. The van der Waals surface area contributed by atoms with Gasteiger partial charge in [-0.15, -0.1) is 0 Å². The van der Waals surface area contributed by atoms with Crippen molar-refractivity contribution in [3.8, 4) is 11.5 Å². The highest BCUT2D eigenvalue weighted by atomic mass is 16.5. The highest BCUT2D eigenvalue weighted by Gasteiger charge is 2.09. The largest absolute Gasteiger partial charge is 0.490 e. The molecule has 0 fully saturated rings. The third kappa shape index (κ3) is 3.76. The summed E-state index contributed by atoms with van der Waals surface area (Å²) in [6.45, 7) is 5.59. The molecule has 0 saturated heterocycles. The Bertz CT molecular complexity index is 593. The molecular formula is C16H23N3O2. The van der Waals surface area contributed by atoms with Gasteiger partial charge in [0.25, 0.3) is 0 Å². The van der Waals surface area contributed by atoms with Gasteiger partial charge in [-0.05, 0) is 37.1 Å². The summed E-state index contributed by atoms with van der Waals surface area (Å²) < 4.78 is 13.4. The van der Waals surface area contributed by atoms with E-state index in [1.807, 2.05) is 36.9 Å². The van der Waals surface area contributed by atoms with Crippen LogP contribution in [0.1, 0.15) is 30.8 Å². The zero-order valence-electron chi connectivity index (χ0n) is 12.9. The molecule has 0 aliphatic rings. The van der Waals surface area contributed by atoms with Crippen molar-refractivity contribution >= 4 is 0 Å². The van der Waals surface area contributed by atoms with Gasteiger partial charge in [0, 0.05) is 13.6 Å². The van der Waals surface area contributed by atoms with Gasteiger partial charge in [-0.25, -0.2) is 0 Å². The first-order chi connectivity index (χ1) is 10.2. The van der Waals surface area contributed by atoms with Crippen LogP contribution in [-0.2, 0) is 26.6 Å². The van der Waals surface area contributed by atoms with E-state index in [0.29, 0.717) is 19.8 Å². The Morgan fingerprint density at radius 2 is 1.95 bits per heavy atom. The van der Waals surface area contributed by atoms with Gasteiger partial charge in [0.05, 0.1) is 18.0 Å². The van der Waals surface area contributed by atoms with Crippen molar-refractivity contribution in [3.05, 3.63) is 41.2 Å². The van der Waals surface area contributed by atoms with Gasteiger partial charge < -0.3 is 15.2 Å². The molecule has 114 valence electrons. The van der Waals surface area contributed by atoms with E-state index in [9.17, 15) is 0 Å². The van der Waals surface area contributed by atoms with Crippen LogP contribution in [-0.4, -0.2) is 16.4 Å². The van der Waals surface area contributed by atoms with Crippen molar-refractivity contribution in [2.75, 3.05) is 6.61 Å². The molecule has 1 aromatic carbocycles. The molecule has 2 aromatic rings. The summed E-state index contributed by atoms with van der Waals surface area (Å²) in [5, 5.41) is 4.42. The topological polar surface area (TPSA) is 62.3 Å². The average Bonchev–Trinajstić information content (AvgIpc) is 2.86. The van der Waals surface area contributed by atoms with Gasteiger partial charge in [0.2, 0.25) is 0 Å². The van der Waals surface area contributed by atoms with Crippen LogP contribution in [0.25, 0.3) is 0 Å². The molecule has 2 rings (SSSR count). The van der Waals surface area contributed by atoms with Crippen LogP contribution in [0.4, 0.5) is 0 Å². The summed E-state index contributed by atoms with van der Waals surface area (Å²) in [6, 6.07) is 7.86. The fraction of sp³-hybridized carbons (Fsp3) is 0.438. The van der Waals surface area contributed by atoms with E-state index in [4.69, 9.17) is 15.2 Å². The summed E-state index contributed by atoms with van der Waals surface area (Å²) in [5.74, 6) is 1.46. The highest BCUT2D eigenvalue weighted by Crippen LogP contribution is 2.29. The van der Waals surface area contributed by atoms with Crippen molar-refractivity contribution in [2.45, 2.75) is 33.4 Å². The number of nitrogens with zero attached hydrogens (tertiary/aromatic N) is 2. The lowest BCUT2D eigenvalue weighted by atomic mass is 10.2.